The van der Waals surface area contributed by atoms with Gasteiger partial charge >= 0.3 is 5.97 Å². The molecule has 0 aliphatic heterocycles. The van der Waals surface area contributed by atoms with Crippen LogP contribution in [-0.2, 0) is 14.3 Å². The molecule has 0 aliphatic carbocycles. The van der Waals surface area contributed by atoms with Crippen molar-refractivity contribution in [2.24, 2.45) is 0 Å². The summed E-state index contributed by atoms with van der Waals surface area (Å²) in [7, 11) is 0. The topological polar surface area (TPSA) is 95.9 Å². The maximum Gasteiger partial charge on any atom is 0.305 e. The van der Waals surface area contributed by atoms with Gasteiger partial charge in [0.1, 0.15) is 0 Å². The Hall–Kier alpha value is -1.92. The van der Waals surface area contributed by atoms with Crippen LogP contribution in [0, 0.1) is 0 Å². The van der Waals surface area contributed by atoms with Crippen LogP contribution < -0.4 is 5.32 Å². The highest BCUT2D eigenvalue weighted by Crippen LogP contribution is 2.17. The van der Waals surface area contributed by atoms with Crippen LogP contribution in [0.4, 0.5) is 0 Å². The number of aliphatic hydroxyl groups is 2. The highest BCUT2D eigenvalue weighted by molar-refractivity contribution is 5.76. The molecule has 2 atom stereocenters. The van der Waals surface area contributed by atoms with Crippen LogP contribution in [-0.4, -0.2) is 47.4 Å². The van der Waals surface area contributed by atoms with Gasteiger partial charge in [0, 0.05) is 12.8 Å². The average Bonchev–Trinajstić information content (AvgIpc) is 3.35. The van der Waals surface area contributed by atoms with Crippen LogP contribution in [0.15, 0.2) is 36.5 Å². The van der Waals surface area contributed by atoms with E-state index in [1.54, 1.807) is 6.08 Å². The van der Waals surface area contributed by atoms with Gasteiger partial charge in [-0.3, -0.25) is 9.59 Å². The zero-order chi connectivity index (χ0) is 50.0. The molecule has 0 heterocycles. The predicted octanol–water partition coefficient (Wildman–Crippen LogP) is 19.2. The van der Waals surface area contributed by atoms with Gasteiger partial charge in [0.15, 0.2) is 0 Å². The SMILES string of the molecule is CCCCCCCCC/C=C\CCCCCCCC(=O)OCCCCCCCCCCC/C=C\CCCCCCCC(=O)NC(CO)C(O)/C=C/CCCCCCCCCCCCCCCCCC. The third kappa shape index (κ3) is 55.2. The first-order chi connectivity index (χ1) is 34.0. The maximum atomic E-state index is 12.5. The molecule has 0 bridgehead atoms. The summed E-state index contributed by atoms with van der Waals surface area (Å²) in [5.74, 6) is -0.0859. The van der Waals surface area contributed by atoms with Gasteiger partial charge in [-0.25, -0.2) is 0 Å². The Morgan fingerprint density at radius 3 is 1.03 bits per heavy atom. The first-order valence-corrected chi connectivity index (χ1v) is 30.8. The van der Waals surface area contributed by atoms with Gasteiger partial charge in [0.05, 0.1) is 25.4 Å². The molecule has 0 saturated heterocycles. The first kappa shape index (κ1) is 67.1. The van der Waals surface area contributed by atoms with E-state index >= 15 is 0 Å². The lowest BCUT2D eigenvalue weighted by Crippen LogP contribution is -2.45. The molecule has 2 unspecified atom stereocenters. The van der Waals surface area contributed by atoms with Gasteiger partial charge in [0.25, 0.3) is 0 Å². The summed E-state index contributed by atoms with van der Waals surface area (Å²) in [5, 5.41) is 23.2. The van der Waals surface area contributed by atoms with Crippen molar-refractivity contribution in [1.29, 1.82) is 0 Å². The average molecular weight is 971 g/mol. The number of hydrogen-bond donors (Lipinski definition) is 3. The van der Waals surface area contributed by atoms with E-state index in [2.05, 4.69) is 43.5 Å². The molecule has 0 saturated carbocycles. The van der Waals surface area contributed by atoms with Crippen LogP contribution in [0.1, 0.15) is 328 Å². The maximum absolute atomic E-state index is 12.5. The first-order valence-electron chi connectivity index (χ1n) is 30.8. The fourth-order valence-corrected chi connectivity index (χ4v) is 9.39. The molecule has 6 nitrogen and oxygen atoms in total. The van der Waals surface area contributed by atoms with Gasteiger partial charge in [0.2, 0.25) is 5.91 Å². The third-order valence-electron chi connectivity index (χ3n) is 14.1. The van der Waals surface area contributed by atoms with Crippen molar-refractivity contribution >= 4 is 11.9 Å². The number of nitrogens with one attached hydrogen (secondary N) is 1. The van der Waals surface area contributed by atoms with Gasteiger partial charge in [-0.2, -0.15) is 0 Å². The monoisotopic (exact) mass is 970 g/mol. The highest BCUT2D eigenvalue weighted by atomic mass is 16.5. The number of esters is 1. The molecule has 0 fully saturated rings. The van der Waals surface area contributed by atoms with E-state index in [1.807, 2.05) is 6.08 Å². The second-order valence-electron chi connectivity index (χ2n) is 21.0. The van der Waals surface area contributed by atoms with Crippen molar-refractivity contribution in [3.8, 4) is 0 Å². The van der Waals surface area contributed by atoms with Crippen molar-refractivity contribution in [3.63, 3.8) is 0 Å². The number of amides is 1. The zero-order valence-electron chi connectivity index (χ0n) is 46.3. The van der Waals surface area contributed by atoms with E-state index in [0.29, 0.717) is 19.4 Å². The Balaban J connectivity index is 3.48. The molecule has 406 valence electrons. The molecular formula is C63H119NO5. The normalized spacial score (nSPS) is 12.8. The molecule has 3 N–H and O–H groups in total. The number of unbranched alkanes of at least 4 members (excludes halogenated alkanes) is 42. The van der Waals surface area contributed by atoms with E-state index in [9.17, 15) is 19.8 Å². The summed E-state index contributed by atoms with van der Waals surface area (Å²) in [4.78, 5) is 24.5. The van der Waals surface area contributed by atoms with Crippen LogP contribution in [0.3, 0.4) is 0 Å². The number of rotatable bonds is 57. The summed E-state index contributed by atoms with van der Waals surface area (Å²) in [5.41, 5.74) is 0. The van der Waals surface area contributed by atoms with Crippen LogP contribution in [0.5, 0.6) is 0 Å². The number of hydrogen-bond acceptors (Lipinski definition) is 5. The minimum atomic E-state index is -0.854. The predicted molar refractivity (Wildman–Crippen MR) is 301 cm³/mol. The summed E-state index contributed by atoms with van der Waals surface area (Å²) in [6.45, 7) is 4.90. The van der Waals surface area contributed by atoms with Gasteiger partial charge in [-0.1, -0.05) is 269 Å². The molecule has 0 radical (unpaired) electrons. The highest BCUT2D eigenvalue weighted by Gasteiger charge is 2.18. The van der Waals surface area contributed by atoms with Crippen molar-refractivity contribution < 1.29 is 24.5 Å². The fraction of sp³-hybridized carbons (Fsp3) is 0.873. The van der Waals surface area contributed by atoms with Crippen LogP contribution >= 0.6 is 0 Å². The molecule has 0 aliphatic rings. The lowest BCUT2D eigenvalue weighted by Gasteiger charge is -2.20. The second-order valence-corrected chi connectivity index (χ2v) is 21.0. The number of carbonyl (C=O) groups excluding carboxylic acids is 2. The van der Waals surface area contributed by atoms with E-state index in [4.69, 9.17) is 4.74 Å². The van der Waals surface area contributed by atoms with E-state index in [0.717, 1.165) is 64.2 Å². The molecule has 1 amide bonds. The Morgan fingerprint density at radius 1 is 0.391 bits per heavy atom. The third-order valence-corrected chi connectivity index (χ3v) is 14.1. The molecular weight excluding hydrogens is 851 g/mol. The van der Waals surface area contributed by atoms with Crippen molar-refractivity contribution in [2.45, 2.75) is 341 Å². The van der Waals surface area contributed by atoms with Crippen LogP contribution in [0.2, 0.25) is 0 Å². The van der Waals surface area contributed by atoms with Gasteiger partial charge in [-0.15, -0.1) is 0 Å². The molecule has 0 aromatic rings. The summed E-state index contributed by atoms with van der Waals surface area (Å²) < 4.78 is 5.48. The minimum Gasteiger partial charge on any atom is -0.466 e. The molecule has 0 rings (SSSR count). The summed E-state index contributed by atoms with van der Waals surface area (Å²) in [6.07, 6.45) is 73.2. The summed E-state index contributed by atoms with van der Waals surface area (Å²) >= 11 is 0. The Labute approximate surface area is 430 Å². The number of carbonyl (C=O) groups is 2. The minimum absolute atomic E-state index is 0.00515. The smallest absolute Gasteiger partial charge is 0.305 e. The Bertz CT molecular complexity index is 1120. The lowest BCUT2D eigenvalue weighted by atomic mass is 10.0. The van der Waals surface area contributed by atoms with Crippen molar-refractivity contribution in [3.05, 3.63) is 36.5 Å². The zero-order valence-corrected chi connectivity index (χ0v) is 46.3. The summed E-state index contributed by atoms with van der Waals surface area (Å²) in [6, 6.07) is -0.639. The van der Waals surface area contributed by atoms with Crippen LogP contribution in [0.25, 0.3) is 0 Å². The van der Waals surface area contributed by atoms with E-state index in [-0.39, 0.29) is 18.5 Å². The number of ether oxygens (including phenoxy) is 1. The number of aliphatic hydroxyl groups excluding tert-OH is 2. The molecule has 6 heteroatoms. The largest absolute Gasteiger partial charge is 0.466 e. The molecule has 0 aromatic heterocycles. The second kappa shape index (κ2) is 58.6. The standard InChI is InChI=1S/C63H119NO5/c1-3-5-7-9-11-13-15-17-19-21-24-27-31-35-39-43-47-51-55-61(66)60(59-65)64-62(67)56-52-48-44-40-36-32-28-25-22-23-26-30-34-38-42-46-50-54-58-69-63(68)57-53-49-45-41-37-33-29-20-18-16-14-12-10-8-6-4-2/h20,25,28-29,51,55,60-61,65-66H,3-19,21-24,26-27,30-50,52-54,56-59H2,1-2H3,(H,64,67)/b28-25-,29-20-,55-51+. The quantitative estimate of drug-likeness (QED) is 0.0321. The van der Waals surface area contributed by atoms with Gasteiger partial charge < -0.3 is 20.3 Å². The lowest BCUT2D eigenvalue weighted by molar-refractivity contribution is -0.143. The molecule has 0 spiro atoms. The van der Waals surface area contributed by atoms with E-state index in [1.165, 1.54) is 238 Å². The fourth-order valence-electron chi connectivity index (χ4n) is 9.39. The molecule has 69 heavy (non-hydrogen) atoms. The van der Waals surface area contributed by atoms with Crippen molar-refractivity contribution in [1.82, 2.24) is 5.32 Å². The Kier molecular flexibility index (Phi) is 57.0. The van der Waals surface area contributed by atoms with E-state index < -0.39 is 12.1 Å². The number of allylic oxidation sites excluding steroid dienone is 5. The Morgan fingerprint density at radius 2 is 0.681 bits per heavy atom. The molecule has 0 aromatic carbocycles. The van der Waals surface area contributed by atoms with Gasteiger partial charge in [-0.05, 0) is 83.5 Å². The van der Waals surface area contributed by atoms with Crippen molar-refractivity contribution in [2.75, 3.05) is 13.2 Å².